The van der Waals surface area contributed by atoms with E-state index in [1.807, 2.05) is 0 Å². The lowest BCUT2D eigenvalue weighted by Gasteiger charge is -2.17. The molecule has 0 radical (unpaired) electrons. The third-order valence-corrected chi connectivity index (χ3v) is 4.66. The summed E-state index contributed by atoms with van der Waals surface area (Å²) in [5, 5.41) is 0. The first kappa shape index (κ1) is 15.6. The average molecular weight is 300 g/mol. The van der Waals surface area contributed by atoms with E-state index in [-0.39, 0.29) is 0 Å². The number of aryl methyl sites for hydroxylation is 3. The van der Waals surface area contributed by atoms with Crippen LogP contribution >= 0.6 is 0 Å². The van der Waals surface area contributed by atoms with Gasteiger partial charge in [0.05, 0.1) is 0 Å². The molecule has 0 saturated carbocycles. The first-order valence-electron chi connectivity index (χ1n) is 8.36. The normalized spacial score (nSPS) is 10.8. The molecule has 23 heavy (non-hydrogen) atoms. The summed E-state index contributed by atoms with van der Waals surface area (Å²) in [4.78, 5) is 0. The number of benzene rings is 3. The summed E-state index contributed by atoms with van der Waals surface area (Å²) in [5.74, 6) is 0. The second kappa shape index (κ2) is 6.42. The molecule has 0 aliphatic carbocycles. The van der Waals surface area contributed by atoms with Crippen LogP contribution < -0.4 is 0 Å². The Hall–Kier alpha value is -2.34. The molecular formula is C23H24. The van der Waals surface area contributed by atoms with Crippen LogP contribution in [-0.2, 0) is 6.42 Å². The van der Waals surface area contributed by atoms with E-state index in [0.29, 0.717) is 0 Å². The fourth-order valence-corrected chi connectivity index (χ4v) is 3.20. The molecule has 0 nitrogen and oxygen atoms in total. The predicted molar refractivity (Wildman–Crippen MR) is 101 cm³/mol. The highest BCUT2D eigenvalue weighted by Gasteiger charge is 2.13. The molecule has 0 spiro atoms. The SMILES string of the molecule is CCc1ccc(-c2ccc(C)cc2)c(-c2ccc(C)cc2)c1C. The first-order chi connectivity index (χ1) is 11.1. The second-order valence-electron chi connectivity index (χ2n) is 6.36. The van der Waals surface area contributed by atoms with E-state index in [1.165, 1.54) is 44.5 Å². The molecule has 0 atom stereocenters. The van der Waals surface area contributed by atoms with Gasteiger partial charge in [0, 0.05) is 0 Å². The molecule has 0 amide bonds. The summed E-state index contributed by atoms with van der Waals surface area (Å²) in [6, 6.07) is 22.3. The lowest BCUT2D eigenvalue weighted by molar-refractivity contribution is 1.11. The Labute approximate surface area is 139 Å². The molecular weight excluding hydrogens is 276 g/mol. The zero-order valence-corrected chi connectivity index (χ0v) is 14.5. The number of hydrogen-bond acceptors (Lipinski definition) is 0. The monoisotopic (exact) mass is 300 g/mol. The fourth-order valence-electron chi connectivity index (χ4n) is 3.20. The molecule has 3 aromatic carbocycles. The van der Waals surface area contributed by atoms with Gasteiger partial charge in [0.15, 0.2) is 0 Å². The Morgan fingerprint density at radius 2 is 1.13 bits per heavy atom. The van der Waals surface area contributed by atoms with Gasteiger partial charge in [0.1, 0.15) is 0 Å². The summed E-state index contributed by atoms with van der Waals surface area (Å²) in [7, 11) is 0. The number of rotatable bonds is 3. The molecule has 0 heterocycles. The standard InChI is InChI=1S/C23H24/c1-5-19-14-15-22(20-10-6-16(2)7-11-20)23(18(19)4)21-12-8-17(3)9-13-21/h6-15H,5H2,1-4H3. The van der Waals surface area contributed by atoms with E-state index < -0.39 is 0 Å². The van der Waals surface area contributed by atoms with Gasteiger partial charge in [-0.25, -0.2) is 0 Å². The average Bonchev–Trinajstić information content (AvgIpc) is 2.56. The van der Waals surface area contributed by atoms with Gasteiger partial charge in [-0.1, -0.05) is 78.7 Å². The first-order valence-corrected chi connectivity index (χ1v) is 8.36. The maximum atomic E-state index is 2.28. The van der Waals surface area contributed by atoms with Gasteiger partial charge in [-0.2, -0.15) is 0 Å². The lowest BCUT2D eigenvalue weighted by Crippen LogP contribution is -1.95. The van der Waals surface area contributed by atoms with Gasteiger partial charge in [-0.05, 0) is 60.6 Å². The van der Waals surface area contributed by atoms with Gasteiger partial charge in [0.2, 0.25) is 0 Å². The molecule has 0 aliphatic rings. The van der Waals surface area contributed by atoms with Gasteiger partial charge >= 0.3 is 0 Å². The van der Waals surface area contributed by atoms with E-state index in [4.69, 9.17) is 0 Å². The van der Waals surface area contributed by atoms with Crippen LogP contribution in [0.15, 0.2) is 60.7 Å². The van der Waals surface area contributed by atoms with Crippen molar-refractivity contribution in [1.82, 2.24) is 0 Å². The van der Waals surface area contributed by atoms with Crippen molar-refractivity contribution >= 4 is 0 Å². The largest absolute Gasteiger partial charge is 0.0613 e. The van der Waals surface area contributed by atoms with Crippen LogP contribution in [0, 0.1) is 20.8 Å². The van der Waals surface area contributed by atoms with Crippen LogP contribution in [0.4, 0.5) is 0 Å². The fraction of sp³-hybridized carbons (Fsp3) is 0.217. The van der Waals surface area contributed by atoms with Crippen molar-refractivity contribution in [3.63, 3.8) is 0 Å². The topological polar surface area (TPSA) is 0 Å². The molecule has 116 valence electrons. The molecule has 3 aromatic rings. The summed E-state index contributed by atoms with van der Waals surface area (Å²) in [5.41, 5.74) is 10.7. The third kappa shape index (κ3) is 3.07. The third-order valence-electron chi connectivity index (χ3n) is 4.66. The maximum absolute atomic E-state index is 2.28. The summed E-state index contributed by atoms with van der Waals surface area (Å²) < 4.78 is 0. The molecule has 0 fully saturated rings. The van der Waals surface area contributed by atoms with Crippen molar-refractivity contribution in [2.45, 2.75) is 34.1 Å². The molecule has 0 aromatic heterocycles. The van der Waals surface area contributed by atoms with Crippen LogP contribution in [0.3, 0.4) is 0 Å². The molecule has 0 heteroatoms. The van der Waals surface area contributed by atoms with E-state index >= 15 is 0 Å². The Bertz CT molecular complexity index is 806. The lowest BCUT2D eigenvalue weighted by atomic mass is 9.87. The summed E-state index contributed by atoms with van der Waals surface area (Å²) >= 11 is 0. The van der Waals surface area contributed by atoms with Crippen LogP contribution in [0.1, 0.15) is 29.2 Å². The summed E-state index contributed by atoms with van der Waals surface area (Å²) in [6.45, 7) is 8.76. The van der Waals surface area contributed by atoms with Gasteiger partial charge in [-0.3, -0.25) is 0 Å². The minimum absolute atomic E-state index is 1.07. The molecule has 0 N–H and O–H groups in total. The van der Waals surface area contributed by atoms with Crippen LogP contribution in [0.5, 0.6) is 0 Å². The van der Waals surface area contributed by atoms with Crippen LogP contribution in [0.2, 0.25) is 0 Å². The maximum Gasteiger partial charge on any atom is -0.00734 e. The molecule has 0 saturated heterocycles. The smallest absolute Gasteiger partial charge is 0.00734 e. The van der Waals surface area contributed by atoms with Crippen LogP contribution in [0.25, 0.3) is 22.3 Å². The van der Waals surface area contributed by atoms with Gasteiger partial charge < -0.3 is 0 Å². The minimum atomic E-state index is 1.07. The van der Waals surface area contributed by atoms with Crippen molar-refractivity contribution < 1.29 is 0 Å². The quantitative estimate of drug-likeness (QED) is 0.517. The highest BCUT2D eigenvalue weighted by Crippen LogP contribution is 2.36. The molecule has 0 bridgehead atoms. The highest BCUT2D eigenvalue weighted by atomic mass is 14.2. The van der Waals surface area contributed by atoms with Crippen molar-refractivity contribution in [3.8, 4) is 22.3 Å². The molecule has 3 rings (SSSR count). The van der Waals surface area contributed by atoms with Gasteiger partial charge in [0.25, 0.3) is 0 Å². The minimum Gasteiger partial charge on any atom is -0.0613 e. The highest BCUT2D eigenvalue weighted by molar-refractivity contribution is 5.86. The molecule has 0 aliphatic heterocycles. The van der Waals surface area contributed by atoms with E-state index in [9.17, 15) is 0 Å². The van der Waals surface area contributed by atoms with Crippen LogP contribution in [-0.4, -0.2) is 0 Å². The van der Waals surface area contributed by atoms with Crippen molar-refractivity contribution in [2.75, 3.05) is 0 Å². The van der Waals surface area contributed by atoms with Gasteiger partial charge in [-0.15, -0.1) is 0 Å². The van der Waals surface area contributed by atoms with Crippen molar-refractivity contribution in [2.24, 2.45) is 0 Å². The molecule has 0 unspecified atom stereocenters. The Balaban J connectivity index is 2.25. The predicted octanol–water partition coefficient (Wildman–Crippen LogP) is 6.51. The number of hydrogen-bond donors (Lipinski definition) is 0. The Morgan fingerprint density at radius 3 is 1.65 bits per heavy atom. The Kier molecular flexibility index (Phi) is 4.34. The van der Waals surface area contributed by atoms with E-state index in [0.717, 1.165) is 6.42 Å². The zero-order valence-electron chi connectivity index (χ0n) is 14.5. The van der Waals surface area contributed by atoms with E-state index in [1.54, 1.807) is 0 Å². The zero-order chi connectivity index (χ0) is 16.4. The van der Waals surface area contributed by atoms with Crippen molar-refractivity contribution in [1.29, 1.82) is 0 Å². The van der Waals surface area contributed by atoms with E-state index in [2.05, 4.69) is 88.4 Å². The Morgan fingerprint density at radius 1 is 0.609 bits per heavy atom. The summed E-state index contributed by atoms with van der Waals surface area (Å²) in [6.07, 6.45) is 1.07. The van der Waals surface area contributed by atoms with Crippen molar-refractivity contribution in [3.05, 3.63) is 82.9 Å². The second-order valence-corrected chi connectivity index (χ2v) is 6.36.